The van der Waals surface area contributed by atoms with Crippen molar-refractivity contribution >= 4 is 17.2 Å². The highest BCUT2D eigenvalue weighted by Gasteiger charge is 2.21. The maximum absolute atomic E-state index is 12.2. The van der Waals surface area contributed by atoms with Gasteiger partial charge in [-0.05, 0) is 17.5 Å². The molecule has 0 aliphatic rings. The third kappa shape index (κ3) is 3.13. The van der Waals surface area contributed by atoms with Crippen LogP contribution in [0.2, 0.25) is 0 Å². The molecule has 4 nitrogen and oxygen atoms in total. The summed E-state index contributed by atoms with van der Waals surface area (Å²) in [6, 6.07) is 10.0. The number of nitrogens with two attached hydrogens (primary N) is 1. The van der Waals surface area contributed by atoms with Gasteiger partial charge in [0.05, 0.1) is 0 Å². The number of likely N-dealkylation sites (N-methyl/N-ethyl adjacent to an activating group) is 1. The Morgan fingerprint density at radius 2 is 2.11 bits per heavy atom. The second kappa shape index (κ2) is 5.86. The highest BCUT2D eigenvalue weighted by molar-refractivity contribution is 7.10. The highest BCUT2D eigenvalue weighted by atomic mass is 32.1. The summed E-state index contributed by atoms with van der Waals surface area (Å²) in [6.45, 7) is 0.338. The Morgan fingerprint density at radius 1 is 1.37 bits per heavy atom. The van der Waals surface area contributed by atoms with Gasteiger partial charge in [0, 0.05) is 24.0 Å². The fraction of sp³-hybridized carbons (Fsp3) is 0.214. The lowest BCUT2D eigenvalue weighted by molar-refractivity contribution is -0.131. The molecule has 0 aliphatic heterocycles. The summed E-state index contributed by atoms with van der Waals surface area (Å²) in [5.74, 6) is 0.0255. The molecule has 3 N–H and O–H groups in total. The third-order valence-corrected chi connectivity index (χ3v) is 3.85. The molecule has 0 bridgehead atoms. The first-order chi connectivity index (χ1) is 9.09. The molecule has 0 spiro atoms. The molecule has 100 valence electrons. The van der Waals surface area contributed by atoms with E-state index in [4.69, 9.17) is 5.73 Å². The molecule has 0 radical (unpaired) electrons. The second-order valence-corrected chi connectivity index (χ2v) is 5.30. The molecule has 1 heterocycles. The van der Waals surface area contributed by atoms with Gasteiger partial charge in [0.2, 0.25) is 5.91 Å². The molecular formula is C14H16N2O2S. The van der Waals surface area contributed by atoms with Crippen molar-refractivity contribution in [3.05, 3.63) is 52.2 Å². The van der Waals surface area contributed by atoms with Crippen LogP contribution in [0.5, 0.6) is 5.75 Å². The van der Waals surface area contributed by atoms with Crippen molar-refractivity contribution in [1.82, 2.24) is 4.90 Å². The zero-order valence-electron chi connectivity index (χ0n) is 10.6. The number of phenols is 1. The number of para-hydroxylation sites is 1. The van der Waals surface area contributed by atoms with Crippen molar-refractivity contribution in [2.24, 2.45) is 5.73 Å². The van der Waals surface area contributed by atoms with E-state index in [1.807, 2.05) is 23.6 Å². The van der Waals surface area contributed by atoms with Gasteiger partial charge in [-0.15, -0.1) is 11.3 Å². The molecule has 2 aromatic rings. The lowest BCUT2D eigenvalue weighted by Crippen LogP contribution is -2.35. The number of aromatic hydroxyl groups is 1. The largest absolute Gasteiger partial charge is 0.508 e. The monoisotopic (exact) mass is 276 g/mol. The quantitative estimate of drug-likeness (QED) is 0.899. The smallest absolute Gasteiger partial charge is 0.244 e. The Labute approximate surface area is 116 Å². The Kier molecular flexibility index (Phi) is 4.19. The van der Waals surface area contributed by atoms with Crippen molar-refractivity contribution in [1.29, 1.82) is 0 Å². The molecule has 1 unspecified atom stereocenters. The van der Waals surface area contributed by atoms with Crippen LogP contribution in [0.4, 0.5) is 0 Å². The van der Waals surface area contributed by atoms with Gasteiger partial charge in [-0.3, -0.25) is 4.79 Å². The minimum atomic E-state index is -0.643. The van der Waals surface area contributed by atoms with Crippen LogP contribution in [0, 0.1) is 0 Å². The maximum Gasteiger partial charge on any atom is 0.244 e. The topological polar surface area (TPSA) is 66.6 Å². The predicted octanol–water partition coefficient (Wildman–Crippen LogP) is 2.11. The van der Waals surface area contributed by atoms with E-state index < -0.39 is 6.04 Å². The molecule has 5 heteroatoms. The molecule has 1 aromatic carbocycles. The normalized spacial score (nSPS) is 12.1. The summed E-state index contributed by atoms with van der Waals surface area (Å²) in [7, 11) is 1.68. The first-order valence-electron chi connectivity index (χ1n) is 5.90. The second-order valence-electron chi connectivity index (χ2n) is 4.32. The van der Waals surface area contributed by atoms with Crippen LogP contribution in [-0.4, -0.2) is 23.0 Å². The van der Waals surface area contributed by atoms with E-state index in [9.17, 15) is 9.90 Å². The molecule has 2 rings (SSSR count). The third-order valence-electron chi connectivity index (χ3n) is 2.89. The first-order valence-corrected chi connectivity index (χ1v) is 6.78. The zero-order valence-corrected chi connectivity index (χ0v) is 11.4. The summed E-state index contributed by atoms with van der Waals surface area (Å²) in [5.41, 5.74) is 6.64. The average molecular weight is 276 g/mol. The van der Waals surface area contributed by atoms with Crippen molar-refractivity contribution in [3.63, 3.8) is 0 Å². The minimum absolute atomic E-state index is 0.161. The number of hydrogen-bond acceptors (Lipinski definition) is 4. The summed E-state index contributed by atoms with van der Waals surface area (Å²) >= 11 is 1.46. The fourth-order valence-corrected chi connectivity index (χ4v) is 2.52. The molecule has 0 fully saturated rings. The predicted molar refractivity (Wildman–Crippen MR) is 75.8 cm³/mol. The molecule has 0 saturated heterocycles. The van der Waals surface area contributed by atoms with Crippen LogP contribution >= 0.6 is 11.3 Å². The van der Waals surface area contributed by atoms with Crippen LogP contribution in [0.25, 0.3) is 0 Å². The van der Waals surface area contributed by atoms with Crippen LogP contribution in [0.15, 0.2) is 41.8 Å². The van der Waals surface area contributed by atoms with E-state index in [1.165, 1.54) is 16.2 Å². The van der Waals surface area contributed by atoms with Crippen LogP contribution < -0.4 is 5.73 Å². The van der Waals surface area contributed by atoms with Gasteiger partial charge in [-0.1, -0.05) is 24.3 Å². The molecule has 1 aromatic heterocycles. The van der Waals surface area contributed by atoms with Crippen LogP contribution in [0.1, 0.15) is 16.5 Å². The molecular weight excluding hydrogens is 260 g/mol. The standard InChI is InChI=1S/C14H16N2O2S/c1-16(9-10-5-2-3-6-11(10)17)14(18)13(15)12-7-4-8-19-12/h2-8,13,17H,9,15H2,1H3. The highest BCUT2D eigenvalue weighted by Crippen LogP contribution is 2.21. The number of phenolic OH excluding ortho intramolecular Hbond substituents is 1. The molecule has 1 atom stereocenters. The molecule has 0 saturated carbocycles. The van der Waals surface area contributed by atoms with Gasteiger partial charge < -0.3 is 15.7 Å². The molecule has 1 amide bonds. The van der Waals surface area contributed by atoms with Gasteiger partial charge in [-0.2, -0.15) is 0 Å². The number of carbonyl (C=O) groups is 1. The lowest BCUT2D eigenvalue weighted by Gasteiger charge is -2.21. The number of carbonyl (C=O) groups excluding carboxylic acids is 1. The van der Waals surface area contributed by atoms with E-state index >= 15 is 0 Å². The maximum atomic E-state index is 12.2. The minimum Gasteiger partial charge on any atom is -0.508 e. The number of benzene rings is 1. The zero-order chi connectivity index (χ0) is 13.8. The van der Waals surface area contributed by atoms with E-state index in [0.29, 0.717) is 12.1 Å². The van der Waals surface area contributed by atoms with Gasteiger partial charge in [0.15, 0.2) is 0 Å². The van der Waals surface area contributed by atoms with Gasteiger partial charge in [0.1, 0.15) is 11.8 Å². The summed E-state index contributed by atoms with van der Waals surface area (Å²) in [4.78, 5) is 14.6. The van der Waals surface area contributed by atoms with Crippen molar-refractivity contribution in [3.8, 4) is 5.75 Å². The molecule has 19 heavy (non-hydrogen) atoms. The number of hydrogen-bond donors (Lipinski definition) is 2. The van der Waals surface area contributed by atoms with Crippen molar-refractivity contribution < 1.29 is 9.90 Å². The van der Waals surface area contributed by atoms with E-state index in [2.05, 4.69) is 0 Å². The lowest BCUT2D eigenvalue weighted by atomic mass is 10.1. The van der Waals surface area contributed by atoms with Crippen molar-refractivity contribution in [2.75, 3.05) is 7.05 Å². The number of nitrogens with zero attached hydrogens (tertiary/aromatic N) is 1. The number of rotatable bonds is 4. The van der Waals surface area contributed by atoms with Crippen LogP contribution in [-0.2, 0) is 11.3 Å². The number of amides is 1. The van der Waals surface area contributed by atoms with E-state index in [0.717, 1.165) is 4.88 Å². The SMILES string of the molecule is CN(Cc1ccccc1O)C(=O)C(N)c1cccs1. The Balaban J connectivity index is 2.06. The summed E-state index contributed by atoms with van der Waals surface area (Å²) in [6.07, 6.45) is 0. The Morgan fingerprint density at radius 3 is 2.74 bits per heavy atom. The van der Waals surface area contributed by atoms with E-state index in [-0.39, 0.29) is 11.7 Å². The fourth-order valence-electron chi connectivity index (χ4n) is 1.81. The van der Waals surface area contributed by atoms with Crippen LogP contribution in [0.3, 0.4) is 0 Å². The summed E-state index contributed by atoms with van der Waals surface area (Å²) in [5, 5.41) is 11.6. The Bertz CT molecular complexity index is 554. The summed E-state index contributed by atoms with van der Waals surface area (Å²) < 4.78 is 0. The molecule has 0 aliphatic carbocycles. The van der Waals surface area contributed by atoms with Gasteiger partial charge in [0.25, 0.3) is 0 Å². The Hall–Kier alpha value is -1.85. The average Bonchev–Trinajstić information content (AvgIpc) is 2.93. The number of thiophene rings is 1. The van der Waals surface area contributed by atoms with E-state index in [1.54, 1.807) is 25.2 Å². The first kappa shape index (κ1) is 13.6. The van der Waals surface area contributed by atoms with Gasteiger partial charge >= 0.3 is 0 Å². The van der Waals surface area contributed by atoms with Crippen molar-refractivity contribution in [2.45, 2.75) is 12.6 Å². The van der Waals surface area contributed by atoms with Gasteiger partial charge in [-0.25, -0.2) is 0 Å².